The molecule has 1 aromatic carbocycles. The molecule has 3 heterocycles. The Labute approximate surface area is 149 Å². The van der Waals surface area contributed by atoms with Gasteiger partial charge in [-0.1, -0.05) is 29.8 Å². The SMILES string of the molecule is C[C@@H]1CN(c2ncc3c(n2)NC(=O)CO3)[C@H](c2ccccc2Cl)CO1. The monoisotopic (exact) mass is 360 g/mol. The van der Waals surface area contributed by atoms with Crippen molar-refractivity contribution in [2.24, 2.45) is 0 Å². The number of nitrogens with one attached hydrogen (secondary N) is 1. The number of amides is 1. The Bertz CT molecular complexity index is 816. The molecule has 0 radical (unpaired) electrons. The number of anilines is 2. The van der Waals surface area contributed by atoms with Gasteiger partial charge in [0.25, 0.3) is 5.91 Å². The van der Waals surface area contributed by atoms with E-state index < -0.39 is 0 Å². The summed E-state index contributed by atoms with van der Waals surface area (Å²) in [7, 11) is 0. The van der Waals surface area contributed by atoms with Crippen molar-refractivity contribution < 1.29 is 14.3 Å². The number of halogens is 1. The van der Waals surface area contributed by atoms with Crippen molar-refractivity contribution in [2.45, 2.75) is 19.1 Å². The van der Waals surface area contributed by atoms with Gasteiger partial charge in [0, 0.05) is 11.6 Å². The van der Waals surface area contributed by atoms with Crippen LogP contribution < -0.4 is 15.0 Å². The molecule has 4 rings (SSSR count). The molecule has 2 aromatic rings. The van der Waals surface area contributed by atoms with Crippen LogP contribution in [0.15, 0.2) is 30.5 Å². The second kappa shape index (κ2) is 6.50. The average Bonchev–Trinajstić information content (AvgIpc) is 2.62. The zero-order chi connectivity index (χ0) is 17.4. The summed E-state index contributed by atoms with van der Waals surface area (Å²) in [4.78, 5) is 22.5. The Hall–Kier alpha value is -2.38. The molecule has 2 aliphatic rings. The summed E-state index contributed by atoms with van der Waals surface area (Å²) in [6, 6.07) is 7.56. The number of carbonyl (C=O) groups is 1. The summed E-state index contributed by atoms with van der Waals surface area (Å²) in [6.45, 7) is 3.07. The number of hydrogen-bond donors (Lipinski definition) is 1. The summed E-state index contributed by atoms with van der Waals surface area (Å²) in [5.41, 5.74) is 0.956. The van der Waals surface area contributed by atoms with Crippen molar-refractivity contribution in [1.29, 1.82) is 0 Å². The van der Waals surface area contributed by atoms with Crippen molar-refractivity contribution in [3.8, 4) is 5.75 Å². The van der Waals surface area contributed by atoms with Crippen molar-refractivity contribution in [2.75, 3.05) is 30.0 Å². The van der Waals surface area contributed by atoms with Crippen LogP contribution in [0.4, 0.5) is 11.8 Å². The van der Waals surface area contributed by atoms with Gasteiger partial charge in [-0.05, 0) is 18.6 Å². The molecule has 25 heavy (non-hydrogen) atoms. The summed E-state index contributed by atoms with van der Waals surface area (Å²) < 4.78 is 11.2. The molecule has 0 bridgehead atoms. The maximum absolute atomic E-state index is 11.5. The fourth-order valence-corrected chi connectivity index (χ4v) is 3.29. The van der Waals surface area contributed by atoms with Crippen molar-refractivity contribution in [3.05, 3.63) is 41.0 Å². The predicted octanol–water partition coefficient (Wildman–Crippen LogP) is 2.43. The molecular weight excluding hydrogens is 344 g/mol. The zero-order valence-electron chi connectivity index (χ0n) is 13.6. The largest absolute Gasteiger partial charge is 0.478 e. The molecule has 0 aliphatic carbocycles. The normalized spacial score (nSPS) is 22.8. The highest BCUT2D eigenvalue weighted by atomic mass is 35.5. The third-order valence-electron chi connectivity index (χ3n) is 4.25. The van der Waals surface area contributed by atoms with Crippen molar-refractivity contribution >= 4 is 29.3 Å². The second-order valence-corrected chi connectivity index (χ2v) is 6.46. The molecule has 0 unspecified atom stereocenters. The molecule has 1 amide bonds. The van der Waals surface area contributed by atoms with Gasteiger partial charge < -0.3 is 19.7 Å². The minimum absolute atomic E-state index is 0.0213. The van der Waals surface area contributed by atoms with Crippen LogP contribution >= 0.6 is 11.6 Å². The Kier molecular flexibility index (Phi) is 4.19. The van der Waals surface area contributed by atoms with E-state index in [1.807, 2.05) is 31.2 Å². The van der Waals surface area contributed by atoms with Gasteiger partial charge in [0.1, 0.15) is 0 Å². The quantitative estimate of drug-likeness (QED) is 0.886. The number of benzene rings is 1. The molecule has 0 saturated carbocycles. The van der Waals surface area contributed by atoms with Crippen LogP contribution in [0, 0.1) is 0 Å². The highest BCUT2D eigenvalue weighted by Crippen LogP contribution is 2.35. The third-order valence-corrected chi connectivity index (χ3v) is 4.59. The number of aromatic nitrogens is 2. The number of fused-ring (bicyclic) bond motifs is 1. The highest BCUT2D eigenvalue weighted by molar-refractivity contribution is 6.31. The molecule has 1 N–H and O–H groups in total. The van der Waals surface area contributed by atoms with E-state index in [-0.39, 0.29) is 24.7 Å². The van der Waals surface area contributed by atoms with Gasteiger partial charge in [0.05, 0.1) is 24.9 Å². The number of hydrogen-bond acceptors (Lipinski definition) is 6. The lowest BCUT2D eigenvalue weighted by molar-refractivity contribution is -0.118. The van der Waals surface area contributed by atoms with E-state index in [1.165, 1.54) is 0 Å². The lowest BCUT2D eigenvalue weighted by atomic mass is 10.0. The summed E-state index contributed by atoms with van der Waals surface area (Å²) in [6.07, 6.45) is 1.62. The Morgan fingerprint density at radius 1 is 1.36 bits per heavy atom. The zero-order valence-corrected chi connectivity index (χ0v) is 14.4. The van der Waals surface area contributed by atoms with Crippen LogP contribution in [0.25, 0.3) is 0 Å². The van der Waals surface area contributed by atoms with E-state index >= 15 is 0 Å². The van der Waals surface area contributed by atoms with Gasteiger partial charge in [-0.15, -0.1) is 0 Å². The van der Waals surface area contributed by atoms with E-state index in [0.717, 1.165) is 5.56 Å². The minimum atomic E-state index is -0.227. The first-order valence-corrected chi connectivity index (χ1v) is 8.42. The molecule has 2 atom stereocenters. The number of morpholine rings is 1. The molecule has 0 spiro atoms. The Morgan fingerprint density at radius 2 is 2.20 bits per heavy atom. The van der Waals surface area contributed by atoms with E-state index in [0.29, 0.717) is 35.7 Å². The molecule has 7 nitrogen and oxygen atoms in total. The average molecular weight is 361 g/mol. The maximum atomic E-state index is 11.5. The topological polar surface area (TPSA) is 76.6 Å². The van der Waals surface area contributed by atoms with E-state index in [4.69, 9.17) is 21.1 Å². The van der Waals surface area contributed by atoms with Gasteiger partial charge in [-0.25, -0.2) is 4.98 Å². The molecule has 130 valence electrons. The first-order valence-electron chi connectivity index (χ1n) is 8.04. The van der Waals surface area contributed by atoms with Gasteiger partial charge in [0.2, 0.25) is 5.95 Å². The van der Waals surface area contributed by atoms with Crippen LogP contribution in [0.5, 0.6) is 5.75 Å². The van der Waals surface area contributed by atoms with Gasteiger partial charge in [-0.3, -0.25) is 4.79 Å². The minimum Gasteiger partial charge on any atom is -0.478 e. The first-order chi connectivity index (χ1) is 12.1. The molecule has 2 aliphatic heterocycles. The number of ether oxygens (including phenoxy) is 2. The Balaban J connectivity index is 1.71. The van der Waals surface area contributed by atoms with E-state index in [2.05, 4.69) is 20.2 Å². The fourth-order valence-electron chi connectivity index (χ4n) is 3.03. The van der Waals surface area contributed by atoms with Gasteiger partial charge in [-0.2, -0.15) is 4.98 Å². The van der Waals surface area contributed by atoms with Crippen LogP contribution in [-0.2, 0) is 9.53 Å². The Morgan fingerprint density at radius 3 is 3.04 bits per heavy atom. The third kappa shape index (κ3) is 3.12. The number of carbonyl (C=O) groups excluding carboxylic acids is 1. The lowest BCUT2D eigenvalue weighted by Crippen LogP contribution is -2.44. The van der Waals surface area contributed by atoms with Crippen LogP contribution in [0.3, 0.4) is 0 Å². The standard InChI is InChI=1S/C17H17ClN4O3/c1-10-7-22(13(8-24-10)11-4-2-3-5-12(11)18)17-19-6-14-16(21-17)20-15(23)9-25-14/h2-6,10,13H,7-9H2,1H3,(H,19,20,21,23)/t10-,13+/m1/s1. The first kappa shape index (κ1) is 16.1. The van der Waals surface area contributed by atoms with Crippen molar-refractivity contribution in [3.63, 3.8) is 0 Å². The van der Waals surface area contributed by atoms with E-state index in [9.17, 15) is 4.79 Å². The van der Waals surface area contributed by atoms with Crippen LogP contribution in [-0.4, -0.2) is 41.7 Å². The van der Waals surface area contributed by atoms with Crippen molar-refractivity contribution in [1.82, 2.24) is 9.97 Å². The molecular formula is C17H17ClN4O3. The second-order valence-electron chi connectivity index (χ2n) is 6.05. The number of rotatable bonds is 2. The number of nitrogens with zero attached hydrogens (tertiary/aromatic N) is 3. The summed E-state index contributed by atoms with van der Waals surface area (Å²) in [5, 5.41) is 3.39. The maximum Gasteiger partial charge on any atom is 0.263 e. The van der Waals surface area contributed by atoms with Gasteiger partial charge in [0.15, 0.2) is 18.2 Å². The molecule has 1 fully saturated rings. The summed E-state index contributed by atoms with van der Waals surface area (Å²) in [5.74, 6) is 1.14. The smallest absolute Gasteiger partial charge is 0.263 e. The van der Waals surface area contributed by atoms with Crippen LogP contribution in [0.2, 0.25) is 5.02 Å². The fraction of sp³-hybridized carbons (Fsp3) is 0.353. The summed E-state index contributed by atoms with van der Waals surface area (Å²) >= 11 is 6.38. The van der Waals surface area contributed by atoms with Gasteiger partial charge >= 0.3 is 0 Å². The molecule has 8 heteroatoms. The lowest BCUT2D eigenvalue weighted by Gasteiger charge is -2.39. The molecule has 1 saturated heterocycles. The highest BCUT2D eigenvalue weighted by Gasteiger charge is 2.32. The van der Waals surface area contributed by atoms with Crippen LogP contribution in [0.1, 0.15) is 18.5 Å². The molecule has 1 aromatic heterocycles. The predicted molar refractivity (Wildman–Crippen MR) is 93.1 cm³/mol. The van der Waals surface area contributed by atoms with E-state index in [1.54, 1.807) is 6.20 Å².